The first-order chi connectivity index (χ1) is 9.04. The third-order valence-corrected chi connectivity index (χ3v) is 3.24. The highest BCUT2D eigenvalue weighted by atomic mass is 19.3. The monoisotopic (exact) mass is 272 g/mol. The Hall–Kier alpha value is -1.34. The zero-order valence-corrected chi connectivity index (χ0v) is 10.8. The van der Waals surface area contributed by atoms with E-state index in [2.05, 4.69) is 15.4 Å². The quantitative estimate of drug-likeness (QED) is 0.649. The van der Waals surface area contributed by atoms with E-state index in [0.29, 0.717) is 36.8 Å². The average Bonchev–Trinajstić information content (AvgIpc) is 2.37. The van der Waals surface area contributed by atoms with Gasteiger partial charge in [-0.2, -0.15) is 0 Å². The van der Waals surface area contributed by atoms with Crippen molar-refractivity contribution in [3.8, 4) is 0 Å². The molecule has 0 spiro atoms. The van der Waals surface area contributed by atoms with Crippen LogP contribution in [0.25, 0.3) is 0 Å². The van der Waals surface area contributed by atoms with Crippen molar-refractivity contribution >= 4 is 5.82 Å². The summed E-state index contributed by atoms with van der Waals surface area (Å²) >= 11 is 0. The summed E-state index contributed by atoms with van der Waals surface area (Å²) in [5.41, 5.74) is 3.07. The molecule has 0 aliphatic heterocycles. The third-order valence-electron chi connectivity index (χ3n) is 3.24. The van der Waals surface area contributed by atoms with Crippen LogP contribution in [-0.4, -0.2) is 23.0 Å². The van der Waals surface area contributed by atoms with Crippen molar-refractivity contribution in [1.82, 2.24) is 9.97 Å². The Morgan fingerprint density at radius 3 is 2.95 bits per heavy atom. The zero-order chi connectivity index (χ0) is 13.9. The van der Waals surface area contributed by atoms with Crippen molar-refractivity contribution in [2.24, 2.45) is 5.84 Å². The van der Waals surface area contributed by atoms with Gasteiger partial charge in [0.2, 0.25) is 5.92 Å². The standard InChI is InChI=1S/C12H18F2N4O/c1-19-7-9-5-10(18-15)17-11(16-9)8-3-2-4-12(13,14)6-8/h5,8H,2-4,6-7,15H2,1H3,(H,16,17,18). The molecule has 1 aliphatic carbocycles. The number of alkyl halides is 2. The van der Waals surface area contributed by atoms with Crippen LogP contribution in [0.15, 0.2) is 6.07 Å². The van der Waals surface area contributed by atoms with Crippen LogP contribution < -0.4 is 11.3 Å². The fraction of sp³-hybridized carbons (Fsp3) is 0.667. The molecule has 1 aliphatic rings. The first-order valence-electron chi connectivity index (χ1n) is 6.25. The second-order valence-electron chi connectivity index (χ2n) is 4.83. The summed E-state index contributed by atoms with van der Waals surface area (Å²) in [6.07, 6.45) is 0.910. The highest BCUT2D eigenvalue weighted by Gasteiger charge is 2.38. The van der Waals surface area contributed by atoms with Crippen molar-refractivity contribution in [2.75, 3.05) is 12.5 Å². The van der Waals surface area contributed by atoms with Crippen LogP contribution in [0.1, 0.15) is 43.1 Å². The molecule has 1 aromatic heterocycles. The predicted octanol–water partition coefficient (Wildman–Crippen LogP) is 2.20. The van der Waals surface area contributed by atoms with Gasteiger partial charge in [0.15, 0.2) is 0 Å². The minimum Gasteiger partial charge on any atom is -0.378 e. The van der Waals surface area contributed by atoms with Gasteiger partial charge in [-0.25, -0.2) is 24.6 Å². The number of nitrogens with zero attached hydrogens (tertiary/aromatic N) is 2. The molecule has 1 aromatic rings. The van der Waals surface area contributed by atoms with E-state index in [0.717, 1.165) is 0 Å². The Balaban J connectivity index is 2.25. The summed E-state index contributed by atoms with van der Waals surface area (Å²) in [7, 11) is 1.55. The summed E-state index contributed by atoms with van der Waals surface area (Å²) in [6, 6.07) is 1.65. The molecule has 1 atom stereocenters. The minimum absolute atomic E-state index is 0.0523. The number of ether oxygens (including phenoxy) is 1. The number of halogens is 2. The number of methoxy groups -OCH3 is 1. The van der Waals surface area contributed by atoms with Gasteiger partial charge in [-0.3, -0.25) is 0 Å². The Labute approximate surface area is 110 Å². The van der Waals surface area contributed by atoms with Crippen molar-refractivity contribution in [3.63, 3.8) is 0 Å². The van der Waals surface area contributed by atoms with Crippen molar-refractivity contribution in [1.29, 1.82) is 0 Å². The lowest BCUT2D eigenvalue weighted by atomic mass is 9.86. The largest absolute Gasteiger partial charge is 0.378 e. The predicted molar refractivity (Wildman–Crippen MR) is 66.7 cm³/mol. The maximum Gasteiger partial charge on any atom is 0.248 e. The van der Waals surface area contributed by atoms with Gasteiger partial charge in [0.1, 0.15) is 11.6 Å². The summed E-state index contributed by atoms with van der Waals surface area (Å²) < 4.78 is 31.9. The lowest BCUT2D eigenvalue weighted by molar-refractivity contribution is -0.0417. The van der Waals surface area contributed by atoms with Gasteiger partial charge in [-0.05, 0) is 12.8 Å². The van der Waals surface area contributed by atoms with Gasteiger partial charge in [-0.15, -0.1) is 0 Å². The van der Waals surface area contributed by atoms with E-state index in [9.17, 15) is 8.78 Å². The summed E-state index contributed by atoms with van der Waals surface area (Å²) in [6.45, 7) is 0.299. The van der Waals surface area contributed by atoms with Crippen LogP contribution in [-0.2, 0) is 11.3 Å². The molecule has 5 nitrogen and oxygen atoms in total. The minimum atomic E-state index is -2.63. The highest BCUT2D eigenvalue weighted by molar-refractivity contribution is 5.35. The smallest absolute Gasteiger partial charge is 0.248 e. The number of hydrazine groups is 1. The van der Waals surface area contributed by atoms with Crippen LogP contribution in [0.3, 0.4) is 0 Å². The van der Waals surface area contributed by atoms with Crippen LogP contribution in [0.2, 0.25) is 0 Å². The van der Waals surface area contributed by atoms with Gasteiger partial charge >= 0.3 is 0 Å². The second-order valence-corrected chi connectivity index (χ2v) is 4.83. The highest BCUT2D eigenvalue weighted by Crippen LogP contribution is 2.40. The van der Waals surface area contributed by atoms with Gasteiger partial charge in [0, 0.05) is 31.9 Å². The summed E-state index contributed by atoms with van der Waals surface area (Å²) in [4.78, 5) is 8.48. The van der Waals surface area contributed by atoms with Crippen LogP contribution in [0.4, 0.5) is 14.6 Å². The Morgan fingerprint density at radius 1 is 1.53 bits per heavy atom. The molecule has 1 fully saturated rings. The zero-order valence-electron chi connectivity index (χ0n) is 10.8. The summed E-state index contributed by atoms with van der Waals surface area (Å²) in [5, 5.41) is 0. The molecule has 0 bridgehead atoms. The van der Waals surface area contributed by atoms with E-state index in [-0.39, 0.29) is 18.8 Å². The maximum atomic E-state index is 13.5. The van der Waals surface area contributed by atoms with Crippen molar-refractivity contribution in [2.45, 2.75) is 44.1 Å². The first kappa shape index (κ1) is 14.1. The second kappa shape index (κ2) is 5.75. The number of hydrogen-bond acceptors (Lipinski definition) is 5. The number of nitrogen functional groups attached to an aromatic ring is 1. The molecule has 1 saturated carbocycles. The topological polar surface area (TPSA) is 73.1 Å². The molecule has 2 rings (SSSR count). The molecule has 0 radical (unpaired) electrons. The molecule has 3 N–H and O–H groups in total. The molecular formula is C12H18F2N4O. The molecule has 0 saturated heterocycles. The SMILES string of the molecule is COCc1cc(NN)nc(C2CCCC(F)(F)C2)n1. The fourth-order valence-corrected chi connectivity index (χ4v) is 2.39. The summed E-state index contributed by atoms with van der Waals surface area (Å²) in [5.74, 6) is 3.23. The van der Waals surface area contributed by atoms with Gasteiger partial charge in [-0.1, -0.05) is 0 Å². The van der Waals surface area contributed by atoms with E-state index in [1.54, 1.807) is 13.2 Å². The number of anilines is 1. The van der Waals surface area contributed by atoms with E-state index >= 15 is 0 Å². The van der Waals surface area contributed by atoms with Gasteiger partial charge in [0.25, 0.3) is 0 Å². The normalized spacial score (nSPS) is 22.2. The average molecular weight is 272 g/mol. The number of rotatable bonds is 4. The van der Waals surface area contributed by atoms with Crippen LogP contribution >= 0.6 is 0 Å². The fourth-order valence-electron chi connectivity index (χ4n) is 2.39. The molecule has 0 aromatic carbocycles. The molecule has 106 valence electrons. The maximum absolute atomic E-state index is 13.5. The Morgan fingerprint density at radius 2 is 2.32 bits per heavy atom. The lowest BCUT2D eigenvalue weighted by Gasteiger charge is -2.28. The Kier molecular flexibility index (Phi) is 4.26. The number of aromatic nitrogens is 2. The van der Waals surface area contributed by atoms with Gasteiger partial charge < -0.3 is 10.2 Å². The first-order valence-corrected chi connectivity index (χ1v) is 6.25. The lowest BCUT2D eigenvalue weighted by Crippen LogP contribution is -2.26. The van der Waals surface area contributed by atoms with Gasteiger partial charge in [0.05, 0.1) is 12.3 Å². The van der Waals surface area contributed by atoms with E-state index in [1.807, 2.05) is 0 Å². The number of nitrogens with two attached hydrogens (primary N) is 1. The van der Waals surface area contributed by atoms with Crippen molar-refractivity contribution in [3.05, 3.63) is 17.6 Å². The Bertz CT molecular complexity index is 442. The van der Waals surface area contributed by atoms with Crippen LogP contribution in [0, 0.1) is 0 Å². The molecular weight excluding hydrogens is 254 g/mol. The number of nitrogens with one attached hydrogen (secondary N) is 1. The molecule has 0 amide bonds. The third kappa shape index (κ3) is 3.57. The number of hydrogen-bond donors (Lipinski definition) is 2. The van der Waals surface area contributed by atoms with Crippen LogP contribution in [0.5, 0.6) is 0 Å². The molecule has 1 heterocycles. The van der Waals surface area contributed by atoms with E-state index in [1.165, 1.54) is 0 Å². The molecule has 7 heteroatoms. The molecule has 1 unspecified atom stereocenters. The molecule has 19 heavy (non-hydrogen) atoms. The van der Waals surface area contributed by atoms with Crippen molar-refractivity contribution < 1.29 is 13.5 Å². The van der Waals surface area contributed by atoms with E-state index < -0.39 is 5.92 Å². The van der Waals surface area contributed by atoms with E-state index in [4.69, 9.17) is 10.6 Å².